The van der Waals surface area contributed by atoms with Gasteiger partial charge in [0.1, 0.15) is 0 Å². The van der Waals surface area contributed by atoms with E-state index in [0.29, 0.717) is 5.41 Å². The molecule has 2 rings (SSSR count). The lowest BCUT2D eigenvalue weighted by Gasteiger charge is -2.31. The van der Waals surface area contributed by atoms with Crippen molar-refractivity contribution in [2.75, 3.05) is 6.54 Å². The zero-order valence-electron chi connectivity index (χ0n) is 7.67. The van der Waals surface area contributed by atoms with Crippen LogP contribution in [0.3, 0.4) is 0 Å². The minimum Gasteiger partial charge on any atom is -0.285 e. The summed E-state index contributed by atoms with van der Waals surface area (Å²) in [6, 6.07) is 8.46. The molecule has 0 amide bonds. The summed E-state index contributed by atoms with van der Waals surface area (Å²) in [7, 11) is 0. The summed E-state index contributed by atoms with van der Waals surface area (Å²) in [4.78, 5) is 0. The fraction of sp³-hybridized carbons (Fsp3) is 0.455. The van der Waals surface area contributed by atoms with Crippen molar-refractivity contribution >= 4 is 5.69 Å². The van der Waals surface area contributed by atoms with Gasteiger partial charge >= 0.3 is 0 Å². The number of rotatable bonds is 0. The molecule has 0 bridgehead atoms. The van der Waals surface area contributed by atoms with E-state index in [9.17, 15) is 0 Å². The Hall–Kier alpha value is -0.980. The van der Waals surface area contributed by atoms with Gasteiger partial charge in [0.25, 0.3) is 0 Å². The number of hydrogen-bond donors (Lipinski definition) is 0. The zero-order chi connectivity index (χ0) is 8.60. The molecule has 1 aromatic carbocycles. The molecule has 0 fully saturated rings. The summed E-state index contributed by atoms with van der Waals surface area (Å²) < 4.78 is 0. The van der Waals surface area contributed by atoms with E-state index in [1.807, 2.05) is 0 Å². The summed E-state index contributed by atoms with van der Waals surface area (Å²) in [5, 5.41) is 4.49. The van der Waals surface area contributed by atoms with Crippen LogP contribution in [0.2, 0.25) is 0 Å². The van der Waals surface area contributed by atoms with Gasteiger partial charge in [-0.05, 0) is 23.5 Å². The first kappa shape index (κ1) is 7.66. The summed E-state index contributed by atoms with van der Waals surface area (Å²) in [5.74, 6) is 0. The predicted octanol–water partition coefficient (Wildman–Crippen LogP) is 2.60. The first-order valence-corrected chi connectivity index (χ1v) is 4.47. The van der Waals surface area contributed by atoms with E-state index in [-0.39, 0.29) is 0 Å². The lowest BCUT2D eigenvalue weighted by atomic mass is 9.78. The van der Waals surface area contributed by atoms with Crippen LogP contribution in [0.1, 0.15) is 25.8 Å². The molecule has 1 heterocycles. The lowest BCUT2D eigenvalue weighted by Crippen LogP contribution is -2.27. The highest BCUT2D eigenvalue weighted by atomic mass is 14.9. The average Bonchev–Trinajstić information content (AvgIpc) is 2.04. The van der Waals surface area contributed by atoms with Gasteiger partial charge in [-0.3, -0.25) is 5.32 Å². The Kier molecular flexibility index (Phi) is 1.60. The van der Waals surface area contributed by atoms with Crippen LogP contribution in [-0.4, -0.2) is 6.54 Å². The number of para-hydroxylation sites is 1. The van der Waals surface area contributed by atoms with Crippen LogP contribution in [0.15, 0.2) is 24.3 Å². The molecule has 1 aliphatic rings. The van der Waals surface area contributed by atoms with Crippen LogP contribution in [0, 0.1) is 0 Å². The Morgan fingerprint density at radius 1 is 1.25 bits per heavy atom. The van der Waals surface area contributed by atoms with Crippen molar-refractivity contribution in [3.63, 3.8) is 0 Å². The average molecular weight is 160 g/mol. The van der Waals surface area contributed by atoms with Crippen LogP contribution in [0.4, 0.5) is 5.69 Å². The Morgan fingerprint density at radius 2 is 2.00 bits per heavy atom. The third kappa shape index (κ3) is 1.09. The third-order valence-corrected chi connectivity index (χ3v) is 2.65. The van der Waals surface area contributed by atoms with Crippen molar-refractivity contribution < 1.29 is 0 Å². The quantitative estimate of drug-likeness (QED) is 0.554. The largest absolute Gasteiger partial charge is 0.285 e. The summed E-state index contributed by atoms with van der Waals surface area (Å²) >= 11 is 0. The van der Waals surface area contributed by atoms with Gasteiger partial charge in [0.05, 0.1) is 5.69 Å². The maximum atomic E-state index is 4.49. The van der Waals surface area contributed by atoms with E-state index in [1.54, 1.807) is 0 Å². The third-order valence-electron chi connectivity index (χ3n) is 2.65. The molecule has 0 saturated carbocycles. The monoisotopic (exact) mass is 160 g/mol. The van der Waals surface area contributed by atoms with Gasteiger partial charge in [-0.1, -0.05) is 32.0 Å². The topological polar surface area (TPSA) is 14.1 Å². The van der Waals surface area contributed by atoms with Crippen molar-refractivity contribution in [3.8, 4) is 0 Å². The molecule has 0 atom stereocenters. The van der Waals surface area contributed by atoms with E-state index < -0.39 is 0 Å². The number of nitrogens with zero attached hydrogens (tertiary/aromatic N) is 1. The molecule has 0 saturated heterocycles. The first-order valence-electron chi connectivity index (χ1n) is 4.47. The number of fused-ring (bicyclic) bond motifs is 1. The normalized spacial score (nSPS) is 19.5. The lowest BCUT2D eigenvalue weighted by molar-refractivity contribution is 0.447. The van der Waals surface area contributed by atoms with Crippen molar-refractivity contribution in [2.45, 2.75) is 25.7 Å². The van der Waals surface area contributed by atoms with Gasteiger partial charge in [0.2, 0.25) is 0 Å². The summed E-state index contributed by atoms with van der Waals surface area (Å²) in [6.07, 6.45) is 1.17. The molecule has 1 radical (unpaired) electrons. The molecule has 0 spiro atoms. The van der Waals surface area contributed by atoms with Crippen LogP contribution >= 0.6 is 0 Å². The smallest absolute Gasteiger partial charge is 0.0611 e. The van der Waals surface area contributed by atoms with E-state index in [1.165, 1.54) is 17.7 Å². The van der Waals surface area contributed by atoms with Crippen LogP contribution in [-0.2, 0) is 5.41 Å². The second-order valence-electron chi connectivity index (χ2n) is 4.03. The Labute approximate surface area is 73.8 Å². The Balaban J connectivity index is 2.52. The SMILES string of the molecule is CC1(C)CC[N]c2ccccc21. The van der Waals surface area contributed by atoms with Gasteiger partial charge in [-0.2, -0.15) is 0 Å². The van der Waals surface area contributed by atoms with Gasteiger partial charge in [-0.15, -0.1) is 0 Å². The molecule has 0 aliphatic carbocycles. The van der Waals surface area contributed by atoms with Crippen molar-refractivity contribution in [1.82, 2.24) is 5.32 Å². The maximum absolute atomic E-state index is 4.49. The standard InChI is InChI=1S/C11H14N/c1-11(2)7-8-12-10-6-4-3-5-9(10)11/h3-6H,7-8H2,1-2H3. The van der Waals surface area contributed by atoms with Crippen LogP contribution in [0.5, 0.6) is 0 Å². The molecular weight excluding hydrogens is 146 g/mol. The Bertz CT molecular complexity index is 289. The molecule has 1 nitrogen and oxygen atoms in total. The molecule has 12 heavy (non-hydrogen) atoms. The van der Waals surface area contributed by atoms with Crippen LogP contribution in [0.25, 0.3) is 0 Å². The highest BCUT2D eigenvalue weighted by Gasteiger charge is 2.27. The summed E-state index contributed by atoms with van der Waals surface area (Å²) in [6.45, 7) is 5.56. The minimum absolute atomic E-state index is 0.318. The van der Waals surface area contributed by atoms with Gasteiger partial charge in [0, 0.05) is 6.54 Å². The zero-order valence-corrected chi connectivity index (χ0v) is 7.67. The molecule has 1 aliphatic heterocycles. The van der Waals surface area contributed by atoms with Crippen molar-refractivity contribution in [1.29, 1.82) is 0 Å². The molecule has 0 N–H and O–H groups in total. The molecule has 1 aromatic rings. The van der Waals surface area contributed by atoms with Crippen molar-refractivity contribution in [3.05, 3.63) is 29.8 Å². The Morgan fingerprint density at radius 3 is 2.75 bits per heavy atom. The molecule has 1 heteroatoms. The number of benzene rings is 1. The fourth-order valence-corrected chi connectivity index (χ4v) is 1.77. The second-order valence-corrected chi connectivity index (χ2v) is 4.03. The predicted molar refractivity (Wildman–Crippen MR) is 50.7 cm³/mol. The van der Waals surface area contributed by atoms with Gasteiger partial charge < -0.3 is 0 Å². The molecule has 0 unspecified atom stereocenters. The van der Waals surface area contributed by atoms with Gasteiger partial charge in [0.15, 0.2) is 0 Å². The van der Waals surface area contributed by atoms with Crippen LogP contribution < -0.4 is 5.32 Å². The van der Waals surface area contributed by atoms with Gasteiger partial charge in [-0.25, -0.2) is 0 Å². The first-order chi connectivity index (χ1) is 5.70. The van der Waals surface area contributed by atoms with E-state index in [2.05, 4.69) is 43.4 Å². The van der Waals surface area contributed by atoms with Crippen molar-refractivity contribution in [2.24, 2.45) is 0 Å². The molecular formula is C11H14N. The highest BCUT2D eigenvalue weighted by molar-refractivity contribution is 5.50. The van der Waals surface area contributed by atoms with E-state index in [0.717, 1.165) is 6.54 Å². The number of hydrogen-bond acceptors (Lipinski definition) is 0. The highest BCUT2D eigenvalue weighted by Crippen LogP contribution is 2.35. The summed E-state index contributed by atoms with van der Waals surface area (Å²) in [5.41, 5.74) is 2.91. The van der Waals surface area contributed by atoms with E-state index in [4.69, 9.17) is 0 Å². The fourth-order valence-electron chi connectivity index (χ4n) is 1.77. The molecule has 63 valence electrons. The minimum atomic E-state index is 0.318. The second kappa shape index (κ2) is 2.51. The van der Waals surface area contributed by atoms with E-state index >= 15 is 0 Å². The molecule has 0 aromatic heterocycles. The maximum Gasteiger partial charge on any atom is 0.0611 e.